The highest BCUT2D eigenvalue weighted by Gasteiger charge is 2.21. The molecule has 1 saturated heterocycles. The first kappa shape index (κ1) is 17.2. The van der Waals surface area contributed by atoms with Crippen molar-refractivity contribution in [3.63, 3.8) is 0 Å². The van der Waals surface area contributed by atoms with E-state index < -0.39 is 0 Å². The highest BCUT2D eigenvalue weighted by atomic mass is 16.5. The third-order valence-electron chi connectivity index (χ3n) is 4.23. The lowest BCUT2D eigenvalue weighted by Gasteiger charge is -2.32. The Labute approximate surface area is 137 Å². The molecule has 5 nitrogen and oxygen atoms in total. The zero-order chi connectivity index (χ0) is 16.8. The van der Waals surface area contributed by atoms with Crippen LogP contribution >= 0.6 is 0 Å². The first-order chi connectivity index (χ1) is 11.1. The van der Waals surface area contributed by atoms with E-state index in [0.717, 1.165) is 24.9 Å². The number of carbonyl (C=O) groups is 1. The van der Waals surface area contributed by atoms with Crippen LogP contribution in [0.5, 0.6) is 17.2 Å². The lowest BCUT2D eigenvalue weighted by atomic mass is 10.0. The smallest absolute Gasteiger partial charge is 0.246 e. The number of hydrogen-bond acceptors (Lipinski definition) is 4. The number of hydrogen-bond donors (Lipinski definition) is 0. The number of likely N-dealkylation sites (tertiary alicyclic amines) is 1. The van der Waals surface area contributed by atoms with Gasteiger partial charge in [-0.05, 0) is 38.3 Å². The Morgan fingerprint density at radius 2 is 1.74 bits per heavy atom. The Balaban J connectivity index is 2.22. The molecule has 1 aromatic rings. The average molecular weight is 319 g/mol. The van der Waals surface area contributed by atoms with Crippen molar-refractivity contribution in [1.29, 1.82) is 0 Å². The van der Waals surface area contributed by atoms with Crippen LogP contribution in [-0.2, 0) is 4.79 Å². The van der Waals surface area contributed by atoms with Crippen LogP contribution < -0.4 is 14.2 Å². The molecule has 1 aliphatic rings. The number of amides is 1. The fourth-order valence-electron chi connectivity index (χ4n) is 2.87. The molecule has 1 unspecified atom stereocenters. The Morgan fingerprint density at radius 3 is 2.35 bits per heavy atom. The normalized spacial score (nSPS) is 18.1. The summed E-state index contributed by atoms with van der Waals surface area (Å²) in [4.78, 5) is 14.3. The molecular weight excluding hydrogens is 294 g/mol. The number of benzene rings is 1. The van der Waals surface area contributed by atoms with Gasteiger partial charge < -0.3 is 19.1 Å². The third kappa shape index (κ3) is 3.97. The minimum atomic E-state index is 0.0361. The topological polar surface area (TPSA) is 48.0 Å². The molecule has 0 saturated carbocycles. The van der Waals surface area contributed by atoms with Gasteiger partial charge in [-0.1, -0.05) is 0 Å². The van der Waals surface area contributed by atoms with Crippen LogP contribution in [-0.4, -0.2) is 44.7 Å². The van der Waals surface area contributed by atoms with Gasteiger partial charge in [0.2, 0.25) is 5.91 Å². The van der Waals surface area contributed by atoms with Crippen LogP contribution in [0.15, 0.2) is 18.2 Å². The summed E-state index contributed by atoms with van der Waals surface area (Å²) >= 11 is 0. The summed E-state index contributed by atoms with van der Waals surface area (Å²) in [6.45, 7) is 2.93. The molecule has 0 spiro atoms. The van der Waals surface area contributed by atoms with E-state index in [1.165, 1.54) is 6.42 Å². The first-order valence-corrected chi connectivity index (χ1v) is 7.89. The van der Waals surface area contributed by atoms with E-state index in [4.69, 9.17) is 14.2 Å². The van der Waals surface area contributed by atoms with Crippen molar-refractivity contribution >= 4 is 12.0 Å². The fourth-order valence-corrected chi connectivity index (χ4v) is 2.87. The minimum Gasteiger partial charge on any atom is -0.496 e. The molecular formula is C18H25NO4. The van der Waals surface area contributed by atoms with Crippen LogP contribution in [0, 0.1) is 0 Å². The minimum absolute atomic E-state index is 0.0361. The second-order valence-corrected chi connectivity index (χ2v) is 5.66. The van der Waals surface area contributed by atoms with E-state index in [0.29, 0.717) is 23.3 Å². The van der Waals surface area contributed by atoms with Gasteiger partial charge in [0.1, 0.15) is 5.75 Å². The monoisotopic (exact) mass is 319 g/mol. The molecule has 0 radical (unpaired) electrons. The van der Waals surface area contributed by atoms with Crippen LogP contribution in [0.2, 0.25) is 0 Å². The highest BCUT2D eigenvalue weighted by molar-refractivity contribution is 5.92. The molecule has 1 fully saturated rings. The Hall–Kier alpha value is -2.17. The van der Waals surface area contributed by atoms with Gasteiger partial charge in [-0.15, -0.1) is 0 Å². The van der Waals surface area contributed by atoms with Crippen molar-refractivity contribution in [2.45, 2.75) is 32.2 Å². The molecule has 1 aromatic carbocycles. The Morgan fingerprint density at radius 1 is 1.09 bits per heavy atom. The zero-order valence-corrected chi connectivity index (χ0v) is 14.3. The number of methoxy groups -OCH3 is 3. The molecule has 0 N–H and O–H groups in total. The van der Waals surface area contributed by atoms with Gasteiger partial charge in [0.25, 0.3) is 0 Å². The van der Waals surface area contributed by atoms with Crippen LogP contribution in [0.25, 0.3) is 6.08 Å². The van der Waals surface area contributed by atoms with Crippen molar-refractivity contribution in [2.24, 2.45) is 0 Å². The summed E-state index contributed by atoms with van der Waals surface area (Å²) in [5.74, 6) is 1.87. The van der Waals surface area contributed by atoms with Gasteiger partial charge in [0, 0.05) is 30.3 Å². The van der Waals surface area contributed by atoms with E-state index in [-0.39, 0.29) is 5.91 Å². The van der Waals surface area contributed by atoms with Crippen molar-refractivity contribution in [3.05, 3.63) is 23.8 Å². The molecule has 23 heavy (non-hydrogen) atoms. The summed E-state index contributed by atoms with van der Waals surface area (Å²) in [6.07, 6.45) is 6.71. The largest absolute Gasteiger partial charge is 0.496 e. The van der Waals surface area contributed by atoms with E-state index >= 15 is 0 Å². The van der Waals surface area contributed by atoms with Crippen molar-refractivity contribution < 1.29 is 19.0 Å². The summed E-state index contributed by atoms with van der Waals surface area (Å²) in [5, 5.41) is 0. The number of rotatable bonds is 5. The molecule has 1 heterocycles. The summed E-state index contributed by atoms with van der Waals surface area (Å²) in [7, 11) is 4.75. The Bertz CT molecular complexity index is 583. The molecule has 5 heteroatoms. The molecule has 126 valence electrons. The fraction of sp³-hybridized carbons (Fsp3) is 0.500. The van der Waals surface area contributed by atoms with Crippen LogP contribution in [0.1, 0.15) is 31.7 Å². The molecule has 0 bridgehead atoms. The SMILES string of the molecule is COc1cc(OC)c(OC)cc1/C=C/C(=O)N1CCCCC1C. The summed E-state index contributed by atoms with van der Waals surface area (Å²) in [6, 6.07) is 3.86. The first-order valence-electron chi connectivity index (χ1n) is 7.89. The molecule has 2 rings (SSSR count). The van der Waals surface area contributed by atoms with Crippen molar-refractivity contribution in [3.8, 4) is 17.2 Å². The molecule has 1 atom stereocenters. The van der Waals surface area contributed by atoms with E-state index in [1.807, 2.05) is 4.90 Å². The highest BCUT2D eigenvalue weighted by Crippen LogP contribution is 2.35. The summed E-state index contributed by atoms with van der Waals surface area (Å²) in [5.41, 5.74) is 0.781. The number of ether oxygens (including phenoxy) is 3. The van der Waals surface area contributed by atoms with Gasteiger partial charge in [0.15, 0.2) is 11.5 Å². The van der Waals surface area contributed by atoms with E-state index in [1.54, 1.807) is 45.6 Å². The second kappa shape index (κ2) is 7.90. The van der Waals surface area contributed by atoms with Crippen LogP contribution in [0.4, 0.5) is 0 Å². The van der Waals surface area contributed by atoms with Gasteiger partial charge in [0.05, 0.1) is 21.3 Å². The molecule has 0 aromatic heterocycles. The maximum Gasteiger partial charge on any atom is 0.246 e. The van der Waals surface area contributed by atoms with E-state index in [2.05, 4.69) is 6.92 Å². The molecule has 0 aliphatic carbocycles. The second-order valence-electron chi connectivity index (χ2n) is 5.66. The van der Waals surface area contributed by atoms with Gasteiger partial charge in [-0.2, -0.15) is 0 Å². The quantitative estimate of drug-likeness (QED) is 0.782. The third-order valence-corrected chi connectivity index (χ3v) is 4.23. The number of piperidine rings is 1. The zero-order valence-electron chi connectivity index (χ0n) is 14.3. The number of carbonyl (C=O) groups excluding carboxylic acids is 1. The van der Waals surface area contributed by atoms with Gasteiger partial charge in [-0.3, -0.25) is 4.79 Å². The summed E-state index contributed by atoms with van der Waals surface area (Å²) < 4.78 is 15.9. The predicted molar refractivity (Wildman–Crippen MR) is 90.2 cm³/mol. The van der Waals surface area contributed by atoms with Gasteiger partial charge in [-0.25, -0.2) is 0 Å². The average Bonchev–Trinajstić information content (AvgIpc) is 2.59. The van der Waals surface area contributed by atoms with Crippen molar-refractivity contribution in [2.75, 3.05) is 27.9 Å². The molecule has 1 aliphatic heterocycles. The lowest BCUT2D eigenvalue weighted by molar-refractivity contribution is -0.129. The maximum absolute atomic E-state index is 12.4. The predicted octanol–water partition coefficient (Wildman–Crippen LogP) is 3.13. The standard InChI is InChI=1S/C18H25NO4/c1-13-7-5-6-10-19(13)18(20)9-8-14-11-16(22-3)17(23-4)12-15(14)21-2/h8-9,11-13H,5-7,10H2,1-4H3/b9-8+. The van der Waals surface area contributed by atoms with Gasteiger partial charge >= 0.3 is 0 Å². The van der Waals surface area contributed by atoms with Crippen LogP contribution in [0.3, 0.4) is 0 Å². The number of nitrogens with zero attached hydrogens (tertiary/aromatic N) is 1. The van der Waals surface area contributed by atoms with Crippen molar-refractivity contribution in [1.82, 2.24) is 4.90 Å². The maximum atomic E-state index is 12.4. The molecule has 1 amide bonds. The lowest BCUT2D eigenvalue weighted by Crippen LogP contribution is -2.41. The Kier molecular flexibility index (Phi) is 5.90. The van der Waals surface area contributed by atoms with E-state index in [9.17, 15) is 4.79 Å².